The average Bonchev–Trinajstić information content (AvgIpc) is 3.38. The van der Waals surface area contributed by atoms with Gasteiger partial charge in [-0.2, -0.15) is 0 Å². The number of aliphatic hydroxyl groups excluding tert-OH is 1. The van der Waals surface area contributed by atoms with Crippen LogP contribution in [0.15, 0.2) is 88.9 Å². The summed E-state index contributed by atoms with van der Waals surface area (Å²) in [7, 11) is 0. The fraction of sp³-hybridized carbons (Fsp3) is 0.111. The summed E-state index contributed by atoms with van der Waals surface area (Å²) in [5.41, 5.74) is 0.289. The van der Waals surface area contributed by atoms with E-state index in [2.05, 4.69) is 4.74 Å². The molecule has 1 unspecified atom stereocenters. The van der Waals surface area contributed by atoms with E-state index in [1.807, 2.05) is 18.2 Å². The summed E-state index contributed by atoms with van der Waals surface area (Å²) in [6, 6.07) is 19.1. The minimum absolute atomic E-state index is 0.127. The molecule has 2 heterocycles. The van der Waals surface area contributed by atoms with Gasteiger partial charge in [0.1, 0.15) is 29.1 Å². The van der Waals surface area contributed by atoms with E-state index in [-0.39, 0.29) is 22.8 Å². The summed E-state index contributed by atoms with van der Waals surface area (Å²) in [5.74, 6) is -2.05. The van der Waals surface area contributed by atoms with Gasteiger partial charge >= 0.3 is 6.36 Å². The first-order valence-corrected chi connectivity index (χ1v) is 10.9. The summed E-state index contributed by atoms with van der Waals surface area (Å²) < 4.78 is 47.4. The lowest BCUT2D eigenvalue weighted by Crippen LogP contribution is -2.29. The van der Waals surface area contributed by atoms with Crippen LogP contribution in [0.1, 0.15) is 23.1 Å². The highest BCUT2D eigenvalue weighted by Crippen LogP contribution is 2.43. The van der Waals surface area contributed by atoms with Crippen molar-refractivity contribution in [2.75, 3.05) is 4.90 Å². The number of benzene rings is 3. The SMILES string of the molecule is Cc1ccc(C2/C(=C(/O)c3cccc4ccccc34)C(=O)C(=O)N2c2ccc(OC(F)(F)F)cc2)o1. The van der Waals surface area contributed by atoms with Crippen molar-refractivity contribution in [2.24, 2.45) is 0 Å². The van der Waals surface area contributed by atoms with Crippen molar-refractivity contribution in [3.05, 3.63) is 102 Å². The van der Waals surface area contributed by atoms with Crippen molar-refractivity contribution >= 4 is 33.9 Å². The van der Waals surface area contributed by atoms with Crippen LogP contribution in [0, 0.1) is 6.92 Å². The molecule has 0 spiro atoms. The third-order valence-electron chi connectivity index (χ3n) is 5.87. The Morgan fingerprint density at radius 2 is 1.64 bits per heavy atom. The Kier molecular flexibility index (Phi) is 5.55. The predicted octanol–water partition coefficient (Wildman–Crippen LogP) is 6.27. The summed E-state index contributed by atoms with van der Waals surface area (Å²) in [6.07, 6.45) is -4.88. The van der Waals surface area contributed by atoms with Gasteiger partial charge in [0.25, 0.3) is 11.7 Å². The predicted molar refractivity (Wildman–Crippen MR) is 125 cm³/mol. The number of hydrogen-bond acceptors (Lipinski definition) is 5. The zero-order valence-corrected chi connectivity index (χ0v) is 18.7. The van der Waals surface area contributed by atoms with Gasteiger partial charge in [0.05, 0.1) is 5.57 Å². The molecular formula is C27H18F3NO5. The number of Topliss-reactive ketones (excluding diaryl/α,β-unsaturated/α-hetero) is 1. The summed E-state index contributed by atoms with van der Waals surface area (Å²) in [4.78, 5) is 27.6. The molecule has 1 N–H and O–H groups in total. The van der Waals surface area contributed by atoms with Crippen LogP contribution < -0.4 is 9.64 Å². The Balaban J connectivity index is 1.67. The molecule has 0 saturated carbocycles. The van der Waals surface area contributed by atoms with Gasteiger partial charge < -0.3 is 14.3 Å². The molecule has 9 heteroatoms. The smallest absolute Gasteiger partial charge is 0.507 e. The minimum atomic E-state index is -4.88. The number of rotatable bonds is 4. The Labute approximate surface area is 202 Å². The Morgan fingerprint density at radius 1 is 0.944 bits per heavy atom. The fourth-order valence-corrected chi connectivity index (χ4v) is 4.35. The van der Waals surface area contributed by atoms with E-state index < -0.39 is 29.8 Å². The first-order chi connectivity index (χ1) is 17.1. The van der Waals surface area contributed by atoms with E-state index in [0.717, 1.165) is 22.4 Å². The minimum Gasteiger partial charge on any atom is -0.507 e. The lowest BCUT2D eigenvalue weighted by molar-refractivity contribution is -0.274. The number of hydrogen-bond donors (Lipinski definition) is 1. The molecule has 0 aliphatic carbocycles. The third kappa shape index (κ3) is 4.08. The number of halogens is 3. The topological polar surface area (TPSA) is 80.0 Å². The molecule has 1 fully saturated rings. The number of furan rings is 1. The largest absolute Gasteiger partial charge is 0.573 e. The molecule has 0 radical (unpaired) electrons. The van der Waals surface area contributed by atoms with E-state index in [4.69, 9.17) is 4.42 Å². The molecular weight excluding hydrogens is 475 g/mol. The molecule has 182 valence electrons. The molecule has 1 amide bonds. The zero-order valence-electron chi connectivity index (χ0n) is 18.7. The maximum absolute atomic E-state index is 13.3. The Hall–Kier alpha value is -4.53. The van der Waals surface area contributed by atoms with Crippen molar-refractivity contribution in [1.82, 2.24) is 0 Å². The van der Waals surface area contributed by atoms with Crippen LogP contribution in [-0.4, -0.2) is 23.2 Å². The van der Waals surface area contributed by atoms with E-state index in [1.165, 1.54) is 12.1 Å². The summed E-state index contributed by atoms with van der Waals surface area (Å²) in [5, 5.41) is 12.9. The van der Waals surface area contributed by atoms with Crippen LogP contribution in [0.3, 0.4) is 0 Å². The summed E-state index contributed by atoms with van der Waals surface area (Å²) >= 11 is 0. The number of ether oxygens (including phenoxy) is 1. The second kappa shape index (κ2) is 8.60. The fourth-order valence-electron chi connectivity index (χ4n) is 4.35. The van der Waals surface area contributed by atoms with Gasteiger partial charge in [-0.05, 0) is 54.1 Å². The maximum Gasteiger partial charge on any atom is 0.573 e. The molecule has 1 aliphatic rings. The number of carbonyl (C=O) groups is 2. The van der Waals surface area contributed by atoms with Crippen LogP contribution >= 0.6 is 0 Å². The van der Waals surface area contributed by atoms with Crippen LogP contribution in [0.25, 0.3) is 16.5 Å². The second-order valence-corrected chi connectivity index (χ2v) is 8.19. The van der Waals surface area contributed by atoms with Gasteiger partial charge in [0.15, 0.2) is 0 Å². The number of aryl methyl sites for hydroxylation is 1. The van der Waals surface area contributed by atoms with Crippen molar-refractivity contribution in [2.45, 2.75) is 19.3 Å². The van der Waals surface area contributed by atoms with E-state index in [1.54, 1.807) is 43.3 Å². The molecule has 1 aliphatic heterocycles. The highest BCUT2D eigenvalue weighted by atomic mass is 19.4. The number of nitrogens with zero attached hydrogens (tertiary/aromatic N) is 1. The van der Waals surface area contributed by atoms with Gasteiger partial charge in [-0.3, -0.25) is 14.5 Å². The lowest BCUT2D eigenvalue weighted by atomic mass is 9.96. The number of anilines is 1. The summed E-state index contributed by atoms with van der Waals surface area (Å²) in [6.45, 7) is 1.68. The van der Waals surface area contributed by atoms with Gasteiger partial charge in [0, 0.05) is 11.3 Å². The molecule has 5 rings (SSSR count). The second-order valence-electron chi connectivity index (χ2n) is 8.19. The number of fused-ring (bicyclic) bond motifs is 1. The van der Waals surface area contributed by atoms with Gasteiger partial charge in [0.2, 0.25) is 0 Å². The van der Waals surface area contributed by atoms with Gasteiger partial charge in [-0.1, -0.05) is 42.5 Å². The average molecular weight is 493 g/mol. The lowest BCUT2D eigenvalue weighted by Gasteiger charge is -2.23. The van der Waals surface area contributed by atoms with Crippen LogP contribution in [0.2, 0.25) is 0 Å². The van der Waals surface area contributed by atoms with Crippen molar-refractivity contribution in [3.63, 3.8) is 0 Å². The Morgan fingerprint density at radius 3 is 2.31 bits per heavy atom. The van der Waals surface area contributed by atoms with Crippen molar-refractivity contribution < 1.29 is 37.0 Å². The first kappa shape index (κ1) is 23.2. The third-order valence-corrected chi connectivity index (χ3v) is 5.87. The molecule has 3 aromatic carbocycles. The molecule has 6 nitrogen and oxygen atoms in total. The number of ketones is 1. The molecule has 1 atom stereocenters. The van der Waals surface area contributed by atoms with Crippen molar-refractivity contribution in [1.29, 1.82) is 0 Å². The molecule has 1 aromatic heterocycles. The molecule has 4 aromatic rings. The monoisotopic (exact) mass is 493 g/mol. The number of alkyl halides is 3. The van der Waals surface area contributed by atoms with E-state index in [0.29, 0.717) is 16.7 Å². The number of carbonyl (C=O) groups excluding carboxylic acids is 2. The van der Waals surface area contributed by atoms with E-state index >= 15 is 0 Å². The number of amides is 1. The molecule has 0 bridgehead atoms. The quantitative estimate of drug-likeness (QED) is 0.206. The molecule has 36 heavy (non-hydrogen) atoms. The van der Waals surface area contributed by atoms with Gasteiger partial charge in [-0.25, -0.2) is 0 Å². The first-order valence-electron chi connectivity index (χ1n) is 10.9. The highest BCUT2D eigenvalue weighted by Gasteiger charge is 2.48. The zero-order chi connectivity index (χ0) is 25.6. The normalized spacial score (nSPS) is 17.7. The maximum atomic E-state index is 13.3. The van der Waals surface area contributed by atoms with Gasteiger partial charge in [-0.15, -0.1) is 13.2 Å². The van der Waals surface area contributed by atoms with E-state index in [9.17, 15) is 27.9 Å². The van der Waals surface area contributed by atoms with Crippen LogP contribution in [0.5, 0.6) is 5.75 Å². The highest BCUT2D eigenvalue weighted by molar-refractivity contribution is 6.51. The van der Waals surface area contributed by atoms with Crippen molar-refractivity contribution in [3.8, 4) is 5.75 Å². The number of aliphatic hydroxyl groups is 1. The molecule has 1 saturated heterocycles. The Bertz CT molecular complexity index is 1510. The van der Waals surface area contributed by atoms with Crippen LogP contribution in [-0.2, 0) is 9.59 Å². The standard InChI is InChI=1S/C27H18F3NO5/c1-15-9-14-21(35-15)23-22(24(32)20-8-4-6-16-5-2-3-7-19(16)20)25(33)26(34)31(23)17-10-12-18(13-11-17)36-27(28,29)30/h2-14,23,32H,1H3/b24-22-. The van der Waals surface area contributed by atoms with Crippen LogP contribution in [0.4, 0.5) is 18.9 Å².